The van der Waals surface area contributed by atoms with E-state index in [4.69, 9.17) is 10.5 Å². The van der Waals surface area contributed by atoms with E-state index >= 15 is 0 Å². The van der Waals surface area contributed by atoms with E-state index in [0.29, 0.717) is 26.0 Å². The minimum absolute atomic E-state index is 0. The zero-order chi connectivity index (χ0) is 13.4. The Morgan fingerprint density at radius 3 is 2.89 bits per heavy atom. The standard InChI is InChI=1S/C13H19BrN2O2.ClH/c1-10(9-15)16-13(17)6-3-7-18-12-5-2-4-11(14)8-12;/h2,4-5,8,10H,3,6-7,9,15H2,1H3,(H,16,17);1H/t10-;/m0./s1. The molecule has 0 bridgehead atoms. The highest BCUT2D eigenvalue weighted by molar-refractivity contribution is 9.10. The van der Waals surface area contributed by atoms with Crippen molar-refractivity contribution >= 4 is 34.2 Å². The van der Waals surface area contributed by atoms with Gasteiger partial charge in [0.05, 0.1) is 6.61 Å². The smallest absolute Gasteiger partial charge is 0.220 e. The predicted octanol–water partition coefficient (Wildman–Crippen LogP) is 2.49. The van der Waals surface area contributed by atoms with Gasteiger partial charge in [0.25, 0.3) is 0 Å². The molecule has 0 aromatic heterocycles. The van der Waals surface area contributed by atoms with Crippen molar-refractivity contribution in [3.05, 3.63) is 28.7 Å². The Kier molecular flexibility index (Phi) is 9.65. The first-order valence-electron chi connectivity index (χ1n) is 5.99. The Balaban J connectivity index is 0.00000324. The number of hydrogen-bond acceptors (Lipinski definition) is 3. The van der Waals surface area contributed by atoms with Crippen molar-refractivity contribution in [3.63, 3.8) is 0 Å². The highest BCUT2D eigenvalue weighted by Crippen LogP contribution is 2.17. The van der Waals surface area contributed by atoms with Crippen molar-refractivity contribution in [2.75, 3.05) is 13.2 Å². The molecule has 0 aliphatic heterocycles. The zero-order valence-corrected chi connectivity index (χ0v) is 13.3. The van der Waals surface area contributed by atoms with E-state index in [1.165, 1.54) is 0 Å². The van der Waals surface area contributed by atoms with E-state index in [9.17, 15) is 4.79 Å². The van der Waals surface area contributed by atoms with Crippen molar-refractivity contribution in [3.8, 4) is 5.75 Å². The maximum absolute atomic E-state index is 11.4. The summed E-state index contributed by atoms with van der Waals surface area (Å²) < 4.78 is 6.51. The van der Waals surface area contributed by atoms with Crippen LogP contribution in [0.2, 0.25) is 0 Å². The van der Waals surface area contributed by atoms with Crippen LogP contribution in [0.5, 0.6) is 5.75 Å². The van der Waals surface area contributed by atoms with Gasteiger partial charge in [-0.05, 0) is 31.5 Å². The Hall–Kier alpha value is -0.780. The molecular formula is C13H20BrClN2O2. The third-order valence-corrected chi connectivity index (χ3v) is 2.87. The molecule has 1 atom stereocenters. The number of nitrogens with two attached hydrogens (primary N) is 1. The summed E-state index contributed by atoms with van der Waals surface area (Å²) in [6.07, 6.45) is 1.15. The quantitative estimate of drug-likeness (QED) is 0.742. The van der Waals surface area contributed by atoms with Crippen LogP contribution in [0.3, 0.4) is 0 Å². The summed E-state index contributed by atoms with van der Waals surface area (Å²) in [5, 5.41) is 2.81. The Morgan fingerprint density at radius 2 is 2.26 bits per heavy atom. The van der Waals surface area contributed by atoms with Gasteiger partial charge in [-0.3, -0.25) is 4.79 Å². The molecule has 1 aromatic carbocycles. The first-order chi connectivity index (χ1) is 8.61. The molecule has 0 saturated carbocycles. The van der Waals surface area contributed by atoms with E-state index < -0.39 is 0 Å². The fraction of sp³-hybridized carbons (Fsp3) is 0.462. The van der Waals surface area contributed by atoms with Crippen molar-refractivity contribution in [2.45, 2.75) is 25.8 Å². The molecule has 0 heterocycles. The molecule has 1 rings (SSSR count). The van der Waals surface area contributed by atoms with Crippen LogP contribution >= 0.6 is 28.3 Å². The van der Waals surface area contributed by atoms with Crippen LogP contribution in [-0.2, 0) is 4.79 Å². The molecule has 0 radical (unpaired) electrons. The molecule has 108 valence electrons. The van der Waals surface area contributed by atoms with Gasteiger partial charge in [-0.25, -0.2) is 0 Å². The average Bonchev–Trinajstić information content (AvgIpc) is 2.34. The molecule has 0 aliphatic carbocycles. The molecule has 6 heteroatoms. The molecule has 0 fully saturated rings. The number of carbonyl (C=O) groups is 1. The van der Waals surface area contributed by atoms with Gasteiger partial charge in [-0.2, -0.15) is 0 Å². The number of benzene rings is 1. The number of amides is 1. The van der Waals surface area contributed by atoms with E-state index in [1.807, 2.05) is 31.2 Å². The molecule has 4 nitrogen and oxygen atoms in total. The molecule has 0 unspecified atom stereocenters. The summed E-state index contributed by atoms with van der Waals surface area (Å²) in [6.45, 7) is 2.87. The Labute approximate surface area is 128 Å². The van der Waals surface area contributed by atoms with E-state index in [0.717, 1.165) is 10.2 Å². The van der Waals surface area contributed by atoms with Crippen LogP contribution in [0.4, 0.5) is 0 Å². The second-order valence-corrected chi connectivity index (χ2v) is 5.03. The lowest BCUT2D eigenvalue weighted by Gasteiger charge is -2.11. The summed E-state index contributed by atoms with van der Waals surface area (Å²) in [4.78, 5) is 11.4. The Bertz CT molecular complexity index is 391. The number of halogens is 2. The van der Waals surface area contributed by atoms with Gasteiger partial charge in [0.2, 0.25) is 5.91 Å². The summed E-state index contributed by atoms with van der Waals surface area (Å²) in [7, 11) is 0. The van der Waals surface area contributed by atoms with Crippen molar-refractivity contribution in [1.82, 2.24) is 5.32 Å². The molecule has 1 amide bonds. The lowest BCUT2D eigenvalue weighted by Crippen LogP contribution is -2.37. The highest BCUT2D eigenvalue weighted by atomic mass is 79.9. The largest absolute Gasteiger partial charge is 0.494 e. The molecule has 0 spiro atoms. The molecule has 3 N–H and O–H groups in total. The minimum Gasteiger partial charge on any atom is -0.494 e. The molecule has 1 aromatic rings. The van der Waals surface area contributed by atoms with E-state index in [1.54, 1.807) is 0 Å². The summed E-state index contributed by atoms with van der Waals surface area (Å²) in [5.41, 5.74) is 5.42. The number of nitrogens with one attached hydrogen (secondary N) is 1. The van der Waals surface area contributed by atoms with Crippen molar-refractivity contribution in [1.29, 1.82) is 0 Å². The maximum Gasteiger partial charge on any atom is 0.220 e. The number of carbonyl (C=O) groups excluding carboxylic acids is 1. The van der Waals surface area contributed by atoms with Gasteiger partial charge in [0, 0.05) is 23.5 Å². The van der Waals surface area contributed by atoms with Crippen molar-refractivity contribution < 1.29 is 9.53 Å². The van der Waals surface area contributed by atoms with Crippen LogP contribution in [-0.4, -0.2) is 25.1 Å². The fourth-order valence-electron chi connectivity index (χ4n) is 1.39. The van der Waals surface area contributed by atoms with E-state index in [2.05, 4.69) is 21.2 Å². The molecule has 0 saturated heterocycles. The third kappa shape index (κ3) is 8.08. The van der Waals surface area contributed by atoms with Crippen LogP contribution in [0.1, 0.15) is 19.8 Å². The Morgan fingerprint density at radius 1 is 1.53 bits per heavy atom. The van der Waals surface area contributed by atoms with Gasteiger partial charge in [-0.15, -0.1) is 12.4 Å². The third-order valence-electron chi connectivity index (χ3n) is 2.37. The summed E-state index contributed by atoms with van der Waals surface area (Å²) in [6, 6.07) is 7.67. The van der Waals surface area contributed by atoms with Crippen LogP contribution < -0.4 is 15.8 Å². The van der Waals surface area contributed by atoms with Crippen molar-refractivity contribution in [2.24, 2.45) is 5.73 Å². The molecule has 19 heavy (non-hydrogen) atoms. The topological polar surface area (TPSA) is 64.3 Å². The van der Waals surface area contributed by atoms with Crippen LogP contribution in [0.25, 0.3) is 0 Å². The molecule has 0 aliphatic rings. The van der Waals surface area contributed by atoms with Crippen LogP contribution in [0.15, 0.2) is 28.7 Å². The lowest BCUT2D eigenvalue weighted by atomic mass is 10.2. The second kappa shape index (κ2) is 10.1. The SMILES string of the molecule is C[C@@H](CN)NC(=O)CCCOc1cccc(Br)c1.Cl. The van der Waals surface area contributed by atoms with Gasteiger partial charge >= 0.3 is 0 Å². The average molecular weight is 352 g/mol. The zero-order valence-electron chi connectivity index (χ0n) is 10.9. The number of rotatable bonds is 7. The van der Waals surface area contributed by atoms with Gasteiger partial charge in [-0.1, -0.05) is 22.0 Å². The first kappa shape index (κ1) is 18.2. The van der Waals surface area contributed by atoms with Crippen LogP contribution in [0, 0.1) is 0 Å². The lowest BCUT2D eigenvalue weighted by molar-refractivity contribution is -0.121. The normalized spacial score (nSPS) is 11.3. The second-order valence-electron chi connectivity index (χ2n) is 4.11. The summed E-state index contributed by atoms with van der Waals surface area (Å²) >= 11 is 3.37. The van der Waals surface area contributed by atoms with Gasteiger partial charge in [0.1, 0.15) is 5.75 Å². The van der Waals surface area contributed by atoms with Gasteiger partial charge < -0.3 is 15.8 Å². The van der Waals surface area contributed by atoms with E-state index in [-0.39, 0.29) is 24.4 Å². The minimum atomic E-state index is 0. The van der Waals surface area contributed by atoms with Gasteiger partial charge in [0.15, 0.2) is 0 Å². The number of hydrogen-bond donors (Lipinski definition) is 2. The fourth-order valence-corrected chi connectivity index (χ4v) is 1.76. The monoisotopic (exact) mass is 350 g/mol. The summed E-state index contributed by atoms with van der Waals surface area (Å²) in [5.74, 6) is 0.825. The first-order valence-corrected chi connectivity index (χ1v) is 6.79. The number of ether oxygens (including phenoxy) is 1. The highest BCUT2D eigenvalue weighted by Gasteiger charge is 2.05. The molecular weight excluding hydrogens is 332 g/mol. The predicted molar refractivity (Wildman–Crippen MR) is 82.8 cm³/mol. The maximum atomic E-state index is 11.4.